The maximum Gasteiger partial charge on any atom is 0.296 e. The highest BCUT2D eigenvalue weighted by molar-refractivity contribution is 5.94. The molecule has 0 aliphatic carbocycles. The first kappa shape index (κ1) is 18.3. The average molecular weight is 344 g/mol. The van der Waals surface area contributed by atoms with E-state index in [1.807, 2.05) is 6.92 Å². The molecular weight excluding hydrogens is 324 g/mol. The van der Waals surface area contributed by atoms with Gasteiger partial charge < -0.3 is 14.8 Å². The summed E-state index contributed by atoms with van der Waals surface area (Å²) in [5.74, 6) is 0.764. The van der Waals surface area contributed by atoms with E-state index in [4.69, 9.17) is 9.47 Å². The molecule has 0 saturated carbocycles. The van der Waals surface area contributed by atoms with Gasteiger partial charge in [-0.3, -0.25) is 14.9 Å². The number of nitro groups is 1. The van der Waals surface area contributed by atoms with Crippen molar-refractivity contribution in [1.82, 2.24) is 0 Å². The van der Waals surface area contributed by atoms with Crippen LogP contribution in [0.3, 0.4) is 0 Å². The van der Waals surface area contributed by atoms with Gasteiger partial charge in [0.1, 0.15) is 17.2 Å². The minimum absolute atomic E-state index is 0.106. The van der Waals surface area contributed by atoms with Crippen LogP contribution in [0.25, 0.3) is 0 Å². The van der Waals surface area contributed by atoms with Gasteiger partial charge in [-0.15, -0.1) is 0 Å². The van der Waals surface area contributed by atoms with E-state index in [0.29, 0.717) is 18.1 Å². The summed E-state index contributed by atoms with van der Waals surface area (Å²) in [5.41, 5.74) is 0.730. The number of methoxy groups -OCH3 is 1. The van der Waals surface area contributed by atoms with E-state index in [1.54, 1.807) is 37.4 Å². The van der Waals surface area contributed by atoms with Crippen molar-refractivity contribution in [1.29, 1.82) is 0 Å². The maximum atomic E-state index is 12.2. The lowest BCUT2D eigenvalue weighted by Crippen LogP contribution is -2.15. The average Bonchev–Trinajstić information content (AvgIpc) is 2.61. The van der Waals surface area contributed by atoms with Gasteiger partial charge in [0, 0.05) is 0 Å². The van der Waals surface area contributed by atoms with Gasteiger partial charge in [0.05, 0.1) is 31.1 Å². The number of carbonyl (C=O) groups excluding carboxylic acids is 1. The normalized spacial score (nSPS) is 10.2. The number of ether oxygens (including phenoxy) is 2. The van der Waals surface area contributed by atoms with E-state index < -0.39 is 4.92 Å². The van der Waals surface area contributed by atoms with Crippen molar-refractivity contribution in [3.63, 3.8) is 0 Å². The first-order valence-electron chi connectivity index (χ1n) is 7.87. The fraction of sp³-hybridized carbons (Fsp3) is 0.278. The Bertz CT molecular complexity index is 744. The summed E-state index contributed by atoms with van der Waals surface area (Å²) in [5, 5.41) is 13.8. The van der Waals surface area contributed by atoms with Crippen LogP contribution in [0.2, 0.25) is 0 Å². The molecule has 0 aliphatic rings. The van der Waals surface area contributed by atoms with Gasteiger partial charge in [-0.05, 0) is 36.2 Å². The molecule has 25 heavy (non-hydrogen) atoms. The van der Waals surface area contributed by atoms with E-state index in [0.717, 1.165) is 12.0 Å². The Morgan fingerprint density at radius 3 is 2.44 bits per heavy atom. The highest BCUT2D eigenvalue weighted by Crippen LogP contribution is 2.29. The molecule has 1 N–H and O–H groups in total. The van der Waals surface area contributed by atoms with Gasteiger partial charge >= 0.3 is 0 Å². The molecule has 7 heteroatoms. The second-order valence-electron chi connectivity index (χ2n) is 5.36. The number of carbonyl (C=O) groups is 1. The molecule has 0 aliphatic heterocycles. The largest absolute Gasteiger partial charge is 0.497 e. The molecule has 0 fully saturated rings. The minimum Gasteiger partial charge on any atom is -0.497 e. The predicted octanol–water partition coefficient (Wildman–Crippen LogP) is 3.57. The third-order valence-electron chi connectivity index (χ3n) is 3.44. The smallest absolute Gasteiger partial charge is 0.296 e. The van der Waals surface area contributed by atoms with E-state index >= 15 is 0 Å². The lowest BCUT2D eigenvalue weighted by Gasteiger charge is -2.09. The molecule has 0 saturated heterocycles. The summed E-state index contributed by atoms with van der Waals surface area (Å²) in [7, 11) is 1.56. The SMILES string of the molecule is CCCOc1ccc(NC(=O)Cc2ccc(OC)cc2)c([N+](=O)[O-])c1. The molecule has 132 valence electrons. The Kier molecular flexibility index (Phi) is 6.33. The predicted molar refractivity (Wildman–Crippen MR) is 94.2 cm³/mol. The van der Waals surface area contributed by atoms with Crippen molar-refractivity contribution >= 4 is 17.3 Å². The summed E-state index contributed by atoms with van der Waals surface area (Å²) < 4.78 is 10.5. The van der Waals surface area contributed by atoms with Crippen LogP contribution >= 0.6 is 0 Å². The molecule has 0 atom stereocenters. The van der Waals surface area contributed by atoms with Crippen molar-refractivity contribution in [2.45, 2.75) is 19.8 Å². The summed E-state index contributed by atoms with van der Waals surface area (Å²) in [6.45, 7) is 2.42. The Labute approximate surface area is 145 Å². The summed E-state index contributed by atoms with van der Waals surface area (Å²) in [4.78, 5) is 22.9. The number of amides is 1. The highest BCUT2D eigenvalue weighted by atomic mass is 16.6. The monoisotopic (exact) mass is 344 g/mol. The molecule has 7 nitrogen and oxygen atoms in total. The Morgan fingerprint density at radius 2 is 1.84 bits per heavy atom. The standard InChI is InChI=1S/C18H20N2O5/c1-3-10-25-15-8-9-16(17(12-15)20(22)23)19-18(21)11-13-4-6-14(24-2)7-5-13/h4-9,12H,3,10-11H2,1-2H3,(H,19,21). The molecule has 1 amide bonds. The number of hydrogen-bond donors (Lipinski definition) is 1. The quantitative estimate of drug-likeness (QED) is 0.584. The molecule has 0 unspecified atom stereocenters. The second kappa shape index (κ2) is 8.68. The van der Waals surface area contributed by atoms with Crippen molar-refractivity contribution in [3.8, 4) is 11.5 Å². The Balaban J connectivity index is 2.09. The van der Waals surface area contributed by atoms with E-state index in [2.05, 4.69) is 5.32 Å². The van der Waals surface area contributed by atoms with E-state index in [1.165, 1.54) is 12.1 Å². The van der Waals surface area contributed by atoms with Crippen LogP contribution in [0.4, 0.5) is 11.4 Å². The third kappa shape index (κ3) is 5.20. The van der Waals surface area contributed by atoms with Gasteiger partial charge in [-0.2, -0.15) is 0 Å². The lowest BCUT2D eigenvalue weighted by atomic mass is 10.1. The van der Waals surface area contributed by atoms with Crippen molar-refractivity contribution in [3.05, 3.63) is 58.1 Å². The second-order valence-corrected chi connectivity index (χ2v) is 5.36. The Morgan fingerprint density at radius 1 is 1.16 bits per heavy atom. The fourth-order valence-electron chi connectivity index (χ4n) is 2.20. The molecule has 2 rings (SSSR count). The van der Waals surface area contributed by atoms with Crippen LogP contribution in [0, 0.1) is 10.1 Å². The highest BCUT2D eigenvalue weighted by Gasteiger charge is 2.17. The van der Waals surface area contributed by atoms with Crippen LogP contribution in [-0.4, -0.2) is 24.5 Å². The molecule has 0 radical (unpaired) electrons. The topological polar surface area (TPSA) is 90.7 Å². The van der Waals surface area contributed by atoms with Gasteiger partial charge in [0.15, 0.2) is 0 Å². The third-order valence-corrected chi connectivity index (χ3v) is 3.44. The number of rotatable bonds is 8. The summed E-state index contributed by atoms with van der Waals surface area (Å²) in [6.07, 6.45) is 0.906. The van der Waals surface area contributed by atoms with Crippen LogP contribution < -0.4 is 14.8 Å². The molecule has 2 aromatic carbocycles. The van der Waals surface area contributed by atoms with Gasteiger partial charge in [-0.25, -0.2) is 0 Å². The summed E-state index contributed by atoms with van der Waals surface area (Å²) in [6, 6.07) is 11.5. The van der Waals surface area contributed by atoms with Gasteiger partial charge in [0.25, 0.3) is 5.69 Å². The van der Waals surface area contributed by atoms with Crippen molar-refractivity contribution in [2.75, 3.05) is 19.0 Å². The zero-order valence-corrected chi connectivity index (χ0v) is 14.2. The molecule has 0 heterocycles. The Hall–Kier alpha value is -3.09. The van der Waals surface area contributed by atoms with Crippen molar-refractivity contribution in [2.24, 2.45) is 0 Å². The van der Waals surface area contributed by atoms with Crippen LogP contribution in [0.5, 0.6) is 11.5 Å². The van der Waals surface area contributed by atoms with Gasteiger partial charge in [0.2, 0.25) is 5.91 Å². The van der Waals surface area contributed by atoms with Gasteiger partial charge in [-0.1, -0.05) is 19.1 Å². The van der Waals surface area contributed by atoms with Crippen LogP contribution in [-0.2, 0) is 11.2 Å². The molecular formula is C18H20N2O5. The minimum atomic E-state index is -0.540. The summed E-state index contributed by atoms with van der Waals surface area (Å²) >= 11 is 0. The number of nitrogens with zero attached hydrogens (tertiary/aromatic N) is 1. The maximum absolute atomic E-state index is 12.2. The van der Waals surface area contributed by atoms with Crippen molar-refractivity contribution < 1.29 is 19.2 Å². The first-order valence-corrected chi connectivity index (χ1v) is 7.87. The molecule has 2 aromatic rings. The number of benzene rings is 2. The number of nitro benzene ring substituents is 1. The molecule has 0 spiro atoms. The van der Waals surface area contributed by atoms with Crippen LogP contribution in [0.1, 0.15) is 18.9 Å². The zero-order chi connectivity index (χ0) is 18.2. The molecule has 0 bridgehead atoms. The lowest BCUT2D eigenvalue weighted by molar-refractivity contribution is -0.384. The van der Waals surface area contributed by atoms with Crippen LogP contribution in [0.15, 0.2) is 42.5 Å². The number of anilines is 1. The number of hydrogen-bond acceptors (Lipinski definition) is 5. The zero-order valence-electron chi connectivity index (χ0n) is 14.2. The van der Waals surface area contributed by atoms with E-state index in [-0.39, 0.29) is 23.7 Å². The fourth-order valence-corrected chi connectivity index (χ4v) is 2.20. The number of nitrogens with one attached hydrogen (secondary N) is 1. The molecule has 0 aromatic heterocycles. The first-order chi connectivity index (χ1) is 12.0. The van der Waals surface area contributed by atoms with E-state index in [9.17, 15) is 14.9 Å².